The number of halogens is 1. The van der Waals surface area contributed by atoms with E-state index >= 15 is 0 Å². The minimum Gasteiger partial charge on any atom is -0.481 e. The average Bonchev–Trinajstić information content (AvgIpc) is 2.40. The van der Waals surface area contributed by atoms with Gasteiger partial charge < -0.3 is 10.4 Å². The maximum atomic E-state index is 10.9. The number of hydrogen-bond acceptors (Lipinski definition) is 2. The first-order valence-electron chi connectivity index (χ1n) is 6.77. The second-order valence-corrected chi connectivity index (χ2v) is 5.76. The van der Waals surface area contributed by atoms with Crippen LogP contribution in [0, 0.1) is 12.8 Å². The molecule has 1 aliphatic carbocycles. The van der Waals surface area contributed by atoms with E-state index in [0.717, 1.165) is 42.8 Å². The summed E-state index contributed by atoms with van der Waals surface area (Å²) < 4.78 is 0. The maximum Gasteiger partial charge on any atom is 0.306 e. The second-order valence-electron chi connectivity index (χ2n) is 5.35. The summed E-state index contributed by atoms with van der Waals surface area (Å²) in [5, 5.41) is 13.3. The highest BCUT2D eigenvalue weighted by molar-refractivity contribution is 6.31. The lowest BCUT2D eigenvalue weighted by Gasteiger charge is -2.27. The summed E-state index contributed by atoms with van der Waals surface area (Å²) in [7, 11) is 0. The summed E-state index contributed by atoms with van der Waals surface area (Å²) in [6.45, 7) is 2.82. The standard InChI is InChI=1S/C15H20ClNO2/c1-10-8-11(2-7-14(10)16)9-17-13-5-3-12(4-6-13)15(18)19/h2,7-8,12-13,17H,3-6,9H2,1H3,(H,18,19). The molecule has 2 N–H and O–H groups in total. The first-order valence-corrected chi connectivity index (χ1v) is 7.15. The molecule has 3 nitrogen and oxygen atoms in total. The molecule has 0 aliphatic heterocycles. The van der Waals surface area contributed by atoms with Gasteiger partial charge in [-0.05, 0) is 49.8 Å². The Balaban J connectivity index is 1.80. The molecule has 1 fully saturated rings. The smallest absolute Gasteiger partial charge is 0.306 e. The fourth-order valence-corrected chi connectivity index (χ4v) is 2.74. The summed E-state index contributed by atoms with van der Waals surface area (Å²) in [6.07, 6.45) is 3.46. The summed E-state index contributed by atoms with van der Waals surface area (Å²) in [6, 6.07) is 6.49. The highest BCUT2D eigenvalue weighted by Crippen LogP contribution is 2.24. The molecule has 4 heteroatoms. The lowest BCUT2D eigenvalue weighted by molar-refractivity contribution is -0.142. The van der Waals surface area contributed by atoms with Gasteiger partial charge >= 0.3 is 5.97 Å². The number of carbonyl (C=O) groups is 1. The molecule has 0 radical (unpaired) electrons. The molecule has 2 rings (SSSR count). The van der Waals surface area contributed by atoms with Crippen LogP contribution in [-0.4, -0.2) is 17.1 Å². The Kier molecular flexibility index (Phi) is 4.83. The summed E-state index contributed by atoms with van der Waals surface area (Å²) >= 11 is 6.00. The van der Waals surface area contributed by atoms with Crippen molar-refractivity contribution in [1.82, 2.24) is 5.32 Å². The normalized spacial score (nSPS) is 23.3. The lowest BCUT2D eigenvalue weighted by atomic mass is 9.86. The van der Waals surface area contributed by atoms with Gasteiger partial charge in [-0.2, -0.15) is 0 Å². The number of aliphatic carboxylic acids is 1. The van der Waals surface area contributed by atoms with Gasteiger partial charge in [0, 0.05) is 17.6 Å². The topological polar surface area (TPSA) is 49.3 Å². The van der Waals surface area contributed by atoms with Crippen LogP contribution in [0.3, 0.4) is 0 Å². The van der Waals surface area contributed by atoms with E-state index in [4.69, 9.17) is 16.7 Å². The second kappa shape index (κ2) is 6.40. The number of benzene rings is 1. The van der Waals surface area contributed by atoms with Crippen LogP contribution in [0.25, 0.3) is 0 Å². The van der Waals surface area contributed by atoms with Gasteiger partial charge in [0.05, 0.1) is 5.92 Å². The van der Waals surface area contributed by atoms with Crippen molar-refractivity contribution in [2.75, 3.05) is 0 Å². The van der Waals surface area contributed by atoms with Gasteiger partial charge in [-0.1, -0.05) is 23.7 Å². The van der Waals surface area contributed by atoms with E-state index in [1.165, 1.54) is 5.56 Å². The van der Waals surface area contributed by atoms with Crippen molar-refractivity contribution in [2.24, 2.45) is 5.92 Å². The molecule has 1 aromatic rings. The molecule has 0 heterocycles. The minimum atomic E-state index is -0.647. The number of nitrogens with one attached hydrogen (secondary N) is 1. The third-order valence-electron chi connectivity index (χ3n) is 3.89. The van der Waals surface area contributed by atoms with Crippen LogP contribution in [0.1, 0.15) is 36.8 Å². The summed E-state index contributed by atoms with van der Waals surface area (Å²) in [4.78, 5) is 10.9. The Bertz CT molecular complexity index is 453. The number of carboxylic acids is 1. The zero-order valence-electron chi connectivity index (χ0n) is 11.2. The fourth-order valence-electron chi connectivity index (χ4n) is 2.62. The van der Waals surface area contributed by atoms with Crippen molar-refractivity contribution in [3.63, 3.8) is 0 Å². The molecule has 0 spiro atoms. The summed E-state index contributed by atoms with van der Waals surface area (Å²) in [5.41, 5.74) is 2.32. The molecular formula is C15H20ClNO2. The highest BCUT2D eigenvalue weighted by Gasteiger charge is 2.25. The van der Waals surface area contributed by atoms with Crippen LogP contribution in [0.2, 0.25) is 5.02 Å². The molecule has 19 heavy (non-hydrogen) atoms. The number of rotatable bonds is 4. The van der Waals surface area contributed by atoms with Crippen molar-refractivity contribution in [2.45, 2.75) is 45.2 Å². The Labute approximate surface area is 119 Å². The molecule has 1 aliphatic rings. The third kappa shape index (κ3) is 3.95. The molecule has 0 amide bonds. The van der Waals surface area contributed by atoms with Crippen molar-refractivity contribution in [3.05, 3.63) is 34.3 Å². The Morgan fingerprint density at radius 1 is 1.37 bits per heavy atom. The van der Waals surface area contributed by atoms with Gasteiger partial charge in [-0.25, -0.2) is 0 Å². The number of carboxylic acid groups (broad SMARTS) is 1. The third-order valence-corrected chi connectivity index (χ3v) is 4.32. The molecule has 0 bridgehead atoms. The molecule has 0 unspecified atom stereocenters. The molecule has 1 aromatic carbocycles. The van der Waals surface area contributed by atoms with Crippen LogP contribution >= 0.6 is 11.6 Å². The van der Waals surface area contributed by atoms with E-state index in [0.29, 0.717) is 6.04 Å². The van der Waals surface area contributed by atoms with Gasteiger partial charge in [-0.3, -0.25) is 4.79 Å². The largest absolute Gasteiger partial charge is 0.481 e. The predicted molar refractivity (Wildman–Crippen MR) is 76.4 cm³/mol. The Morgan fingerprint density at radius 3 is 2.63 bits per heavy atom. The van der Waals surface area contributed by atoms with E-state index in [1.807, 2.05) is 19.1 Å². The highest BCUT2D eigenvalue weighted by atomic mass is 35.5. The predicted octanol–water partition coefficient (Wildman–Crippen LogP) is 3.38. The maximum absolute atomic E-state index is 10.9. The van der Waals surface area contributed by atoms with Crippen LogP contribution in [0.15, 0.2) is 18.2 Å². The Morgan fingerprint density at radius 2 is 2.05 bits per heavy atom. The van der Waals surface area contributed by atoms with E-state index in [1.54, 1.807) is 0 Å². The summed E-state index contributed by atoms with van der Waals surface area (Å²) in [5.74, 6) is -0.789. The van der Waals surface area contributed by atoms with Crippen LogP contribution in [0.4, 0.5) is 0 Å². The zero-order valence-corrected chi connectivity index (χ0v) is 11.9. The average molecular weight is 282 g/mol. The quantitative estimate of drug-likeness (QED) is 0.889. The van der Waals surface area contributed by atoms with Gasteiger partial charge in [0.2, 0.25) is 0 Å². The molecule has 0 saturated heterocycles. The van der Waals surface area contributed by atoms with Crippen molar-refractivity contribution >= 4 is 17.6 Å². The molecule has 0 atom stereocenters. The molecular weight excluding hydrogens is 262 g/mol. The SMILES string of the molecule is Cc1cc(CNC2CCC(C(=O)O)CC2)ccc1Cl. The van der Waals surface area contributed by atoms with Gasteiger partial charge in [-0.15, -0.1) is 0 Å². The van der Waals surface area contributed by atoms with E-state index in [-0.39, 0.29) is 5.92 Å². The molecule has 1 saturated carbocycles. The van der Waals surface area contributed by atoms with Gasteiger partial charge in [0.25, 0.3) is 0 Å². The van der Waals surface area contributed by atoms with Crippen molar-refractivity contribution < 1.29 is 9.90 Å². The Hall–Kier alpha value is -1.06. The lowest BCUT2D eigenvalue weighted by Crippen LogP contribution is -2.34. The first-order chi connectivity index (χ1) is 9.06. The van der Waals surface area contributed by atoms with Gasteiger partial charge in [0.1, 0.15) is 0 Å². The van der Waals surface area contributed by atoms with Crippen molar-refractivity contribution in [3.8, 4) is 0 Å². The first kappa shape index (κ1) is 14.4. The van der Waals surface area contributed by atoms with Crippen LogP contribution in [0.5, 0.6) is 0 Å². The van der Waals surface area contributed by atoms with Crippen LogP contribution < -0.4 is 5.32 Å². The fraction of sp³-hybridized carbons (Fsp3) is 0.533. The minimum absolute atomic E-state index is 0.143. The van der Waals surface area contributed by atoms with E-state index in [2.05, 4.69) is 11.4 Å². The molecule has 104 valence electrons. The van der Waals surface area contributed by atoms with E-state index in [9.17, 15) is 4.79 Å². The van der Waals surface area contributed by atoms with E-state index < -0.39 is 5.97 Å². The van der Waals surface area contributed by atoms with Crippen molar-refractivity contribution in [1.29, 1.82) is 0 Å². The number of hydrogen-bond donors (Lipinski definition) is 2. The zero-order chi connectivity index (χ0) is 13.8. The van der Waals surface area contributed by atoms with Gasteiger partial charge in [0.15, 0.2) is 0 Å². The molecule has 0 aromatic heterocycles. The monoisotopic (exact) mass is 281 g/mol. The number of aryl methyl sites for hydroxylation is 1. The van der Waals surface area contributed by atoms with Crippen LogP contribution in [-0.2, 0) is 11.3 Å².